The van der Waals surface area contributed by atoms with Gasteiger partial charge in [0.25, 0.3) is 40.5 Å². The van der Waals surface area contributed by atoms with Crippen LogP contribution in [-0.4, -0.2) is 51.9 Å². The predicted molar refractivity (Wildman–Crippen MR) is 371 cm³/mol. The molecule has 18 heteroatoms. The van der Waals surface area contributed by atoms with E-state index in [1.807, 2.05) is 0 Å². The van der Waals surface area contributed by atoms with Crippen molar-refractivity contribution in [1.82, 2.24) is 0 Å². The van der Waals surface area contributed by atoms with Gasteiger partial charge in [-0.25, -0.2) is 0 Å². The van der Waals surface area contributed by atoms with Crippen LogP contribution in [0.25, 0.3) is 11.1 Å². The lowest BCUT2D eigenvalue weighted by molar-refractivity contribution is 0.481. The normalized spacial score (nSPS) is 12.2. The van der Waals surface area contributed by atoms with Gasteiger partial charge in [0.1, 0.15) is 0 Å². The third-order valence-electron chi connectivity index (χ3n) is 16.6. The number of aryl methyl sites for hydroxylation is 8. The topological polar surface area (TPSA) is 217 Å². The standard InChI is InChI=1S/C74H72O12P2S4/c75-89(76,77)69-45-29-59(30-46-69)13-5-9-55-21-37-65(38-22-55)87(66-39-23-56(24-40-66)10-6-14-60-31-47-70(48-32-60)90(78,79)80)53-63-17-1-3-19-73(63)74-20-4-2-18-64(74)54-88(67-41-25-57(26-42-67)11-7-15-61-33-49-71(50-34-61)91(81,82)83)68-43-27-58(28-44-68)12-8-16-62-35-51-72(52-36-62)92(84,85)86/h1-4,17-52H,5-16,53-54H2,(H,75,76,77)(H,78,79,80)(H,81,82,83)(H,84,85,86). The summed E-state index contributed by atoms with van der Waals surface area (Å²) in [7, 11) is -18.9. The van der Waals surface area contributed by atoms with Crippen LogP contribution in [0, 0.1) is 0 Å². The van der Waals surface area contributed by atoms with Crippen LogP contribution in [0.3, 0.4) is 0 Å². The van der Waals surface area contributed by atoms with Gasteiger partial charge in [0, 0.05) is 12.3 Å². The number of rotatable bonds is 29. The fourth-order valence-corrected chi connectivity index (χ4v) is 18.0. The molecule has 10 rings (SSSR count). The highest BCUT2D eigenvalue weighted by molar-refractivity contribution is 7.86. The second kappa shape index (κ2) is 30.6. The molecule has 92 heavy (non-hydrogen) atoms. The molecule has 12 nitrogen and oxygen atoms in total. The Labute approximate surface area is 544 Å². The van der Waals surface area contributed by atoms with Gasteiger partial charge < -0.3 is 0 Å². The van der Waals surface area contributed by atoms with Gasteiger partial charge in [-0.05, 0) is 229 Å². The smallest absolute Gasteiger partial charge is 0.282 e. The zero-order valence-electron chi connectivity index (χ0n) is 50.6. The quantitative estimate of drug-likeness (QED) is 0.0254. The summed E-state index contributed by atoms with van der Waals surface area (Å²) in [4.78, 5) is -0.485. The molecule has 0 aromatic heterocycles. The maximum atomic E-state index is 11.6. The van der Waals surface area contributed by atoms with Gasteiger partial charge in [-0.3, -0.25) is 18.2 Å². The third kappa shape index (κ3) is 18.9. The number of hydrogen-bond acceptors (Lipinski definition) is 8. The first-order valence-electron chi connectivity index (χ1n) is 30.4. The Kier molecular flexibility index (Phi) is 22.5. The maximum Gasteiger partial charge on any atom is 0.294 e. The molecule has 0 unspecified atom stereocenters. The summed E-state index contributed by atoms with van der Waals surface area (Å²) >= 11 is 0. The molecule has 474 valence electrons. The lowest BCUT2D eigenvalue weighted by Crippen LogP contribution is -2.15. The lowest BCUT2D eigenvalue weighted by atomic mass is 9.97. The highest BCUT2D eigenvalue weighted by Gasteiger charge is 2.22. The van der Waals surface area contributed by atoms with Gasteiger partial charge in [-0.2, -0.15) is 33.7 Å². The zero-order chi connectivity index (χ0) is 64.9. The second-order valence-corrected chi connectivity index (χ2v) is 33.1. The van der Waals surface area contributed by atoms with E-state index in [1.54, 1.807) is 48.5 Å². The first kappa shape index (κ1) is 67.6. The molecule has 0 saturated heterocycles. The van der Waals surface area contributed by atoms with E-state index in [1.165, 1.54) is 114 Å². The SMILES string of the molecule is O=S(=O)(O)c1ccc(CCCc2ccc(P(Cc3ccccc3-c3ccccc3CP(c3ccc(CCCc4ccc(S(=O)(=O)O)cc4)cc3)c3ccc(CCCc4ccc(S(=O)(=O)O)cc4)cc3)c3ccc(CCCc4ccc(S(=O)(=O)O)cc4)cc3)cc2)cc1. The van der Waals surface area contributed by atoms with E-state index in [-0.39, 0.29) is 19.6 Å². The van der Waals surface area contributed by atoms with Gasteiger partial charge in [-0.15, -0.1) is 0 Å². The van der Waals surface area contributed by atoms with E-state index in [4.69, 9.17) is 0 Å². The van der Waals surface area contributed by atoms with Crippen LogP contribution < -0.4 is 21.2 Å². The summed E-state index contributed by atoms with van der Waals surface area (Å²) in [5.41, 5.74) is 13.6. The highest BCUT2D eigenvalue weighted by atomic mass is 32.2. The molecule has 0 atom stereocenters. The van der Waals surface area contributed by atoms with Crippen molar-refractivity contribution < 1.29 is 51.9 Å². The Morgan fingerprint density at radius 3 is 0.587 bits per heavy atom. The molecule has 0 aliphatic heterocycles. The van der Waals surface area contributed by atoms with Gasteiger partial charge in [0.15, 0.2) is 0 Å². The lowest BCUT2D eigenvalue weighted by Gasteiger charge is -2.24. The molecule has 0 aliphatic rings. The molecular weight excluding hydrogens is 1270 g/mol. The monoisotopic (exact) mass is 1340 g/mol. The van der Waals surface area contributed by atoms with Gasteiger partial charge in [0.2, 0.25) is 0 Å². The Balaban J connectivity index is 0.904. The van der Waals surface area contributed by atoms with Crippen LogP contribution in [0.5, 0.6) is 0 Å². The van der Waals surface area contributed by atoms with Crippen molar-refractivity contribution in [2.24, 2.45) is 0 Å². The first-order chi connectivity index (χ1) is 44.1. The molecule has 0 amide bonds. The summed E-state index contributed by atoms with van der Waals surface area (Å²) in [6.07, 6.45) is 11.3. The molecule has 0 spiro atoms. The van der Waals surface area contributed by atoms with Crippen LogP contribution in [0.15, 0.2) is 262 Å². The number of benzene rings is 10. The minimum atomic E-state index is -4.26. The van der Waals surface area contributed by atoms with Crippen molar-refractivity contribution in [3.05, 3.63) is 298 Å². The Morgan fingerprint density at radius 1 is 0.228 bits per heavy atom. The van der Waals surface area contributed by atoms with Crippen molar-refractivity contribution in [1.29, 1.82) is 0 Å². The first-order valence-corrected chi connectivity index (χ1v) is 39.2. The molecule has 0 fully saturated rings. The van der Waals surface area contributed by atoms with Crippen LogP contribution in [0.2, 0.25) is 0 Å². The summed E-state index contributed by atoms with van der Waals surface area (Å²) in [6, 6.07) is 78.9. The van der Waals surface area contributed by atoms with E-state index in [0.717, 1.165) is 112 Å². The Hall–Kier alpha value is -7.30. The highest BCUT2D eigenvalue weighted by Crippen LogP contribution is 2.45. The molecule has 0 heterocycles. The summed E-state index contributed by atoms with van der Waals surface area (Å²) in [5.74, 6) is 0. The van der Waals surface area contributed by atoms with E-state index >= 15 is 0 Å². The Morgan fingerprint density at radius 2 is 0.402 bits per heavy atom. The zero-order valence-corrected chi connectivity index (χ0v) is 55.6. The average Bonchev–Trinajstić information content (AvgIpc) is 3.52. The minimum Gasteiger partial charge on any atom is -0.282 e. The van der Waals surface area contributed by atoms with Crippen molar-refractivity contribution >= 4 is 77.5 Å². The Bertz CT molecular complexity index is 4030. The summed E-state index contributed by atoms with van der Waals surface area (Å²) in [6.45, 7) is 0. The molecule has 4 N–H and O–H groups in total. The van der Waals surface area contributed by atoms with Crippen molar-refractivity contribution in [2.75, 3.05) is 0 Å². The van der Waals surface area contributed by atoms with E-state index < -0.39 is 56.3 Å². The molecule has 0 radical (unpaired) electrons. The molecule has 0 bridgehead atoms. The third-order valence-corrected chi connectivity index (χ3v) is 25.1. The second-order valence-electron chi connectivity index (χ2n) is 23.0. The van der Waals surface area contributed by atoms with Crippen molar-refractivity contribution in [3.63, 3.8) is 0 Å². The minimum absolute atomic E-state index is 0.121. The molecule has 0 saturated carbocycles. The largest absolute Gasteiger partial charge is 0.294 e. The molecule has 0 aliphatic carbocycles. The van der Waals surface area contributed by atoms with Gasteiger partial charge in [0.05, 0.1) is 19.6 Å². The fraction of sp³-hybridized carbons (Fsp3) is 0.189. The van der Waals surface area contributed by atoms with Crippen LogP contribution in [-0.2, 0) is 104 Å². The van der Waals surface area contributed by atoms with Crippen molar-refractivity contribution in [3.8, 4) is 11.1 Å². The molecular formula is C74H72O12P2S4. The van der Waals surface area contributed by atoms with Crippen LogP contribution in [0.4, 0.5) is 0 Å². The van der Waals surface area contributed by atoms with E-state index in [9.17, 15) is 51.9 Å². The summed E-state index contributed by atoms with van der Waals surface area (Å²) < 4.78 is 131. The van der Waals surface area contributed by atoms with Crippen LogP contribution in [0.1, 0.15) is 81.3 Å². The predicted octanol–water partition coefficient (Wildman–Crippen LogP) is 14.3. The van der Waals surface area contributed by atoms with Gasteiger partial charge in [-0.1, -0.05) is 194 Å². The van der Waals surface area contributed by atoms with Crippen LogP contribution >= 0.6 is 15.8 Å². The van der Waals surface area contributed by atoms with E-state index in [2.05, 4.69) is 146 Å². The maximum absolute atomic E-state index is 11.6. The molecule has 10 aromatic carbocycles. The summed E-state index contributed by atoms with van der Waals surface area (Å²) in [5, 5.41) is 4.97. The van der Waals surface area contributed by atoms with E-state index in [0.29, 0.717) is 0 Å². The fourth-order valence-electron chi connectivity index (χ4n) is 11.5. The average molecular weight is 1340 g/mol. The van der Waals surface area contributed by atoms with Crippen molar-refractivity contribution in [2.45, 2.75) is 109 Å². The molecule has 10 aromatic rings. The van der Waals surface area contributed by atoms with Gasteiger partial charge >= 0.3 is 0 Å². The number of hydrogen-bond donors (Lipinski definition) is 4.